The van der Waals surface area contributed by atoms with Crippen molar-refractivity contribution in [2.45, 2.75) is 30.8 Å². The van der Waals surface area contributed by atoms with Crippen molar-refractivity contribution in [1.29, 1.82) is 0 Å². The highest BCUT2D eigenvalue weighted by molar-refractivity contribution is 5.77. The van der Waals surface area contributed by atoms with Crippen LogP contribution in [0.2, 0.25) is 0 Å². The number of hydrazine groups is 1. The van der Waals surface area contributed by atoms with E-state index in [1.54, 1.807) is 0 Å². The Hall–Kier alpha value is -0.770. The Morgan fingerprint density at radius 3 is 2.24 bits per heavy atom. The van der Waals surface area contributed by atoms with E-state index in [1.165, 1.54) is 5.01 Å². The molecule has 0 bridgehead atoms. The van der Waals surface area contributed by atoms with E-state index in [2.05, 4.69) is 5.43 Å². The first-order valence-corrected chi connectivity index (χ1v) is 5.33. The molecule has 0 spiro atoms. The molecular weight excluding hydrogens is 232 g/mol. The summed E-state index contributed by atoms with van der Waals surface area (Å²) < 4.78 is 0. The molecule has 0 aromatic carbocycles. The molecule has 6 N–H and O–H groups in total. The predicted molar refractivity (Wildman–Crippen MR) is 55.4 cm³/mol. The van der Waals surface area contributed by atoms with Crippen LogP contribution in [0.25, 0.3) is 0 Å². The summed E-state index contributed by atoms with van der Waals surface area (Å²) in [5.74, 6) is -0.178. The first kappa shape index (κ1) is 14.3. The standard InChI is InChI=1S/C9H18N2O6/c12-4-6(14)9(17)8(16)5(13)3-11-2-1-7(15)10-11/h5-6,8-9,12-14,16-17H,1-4H2,(H,10,15). The van der Waals surface area contributed by atoms with Crippen LogP contribution < -0.4 is 5.43 Å². The van der Waals surface area contributed by atoms with E-state index in [4.69, 9.17) is 10.2 Å². The van der Waals surface area contributed by atoms with E-state index < -0.39 is 31.0 Å². The smallest absolute Gasteiger partial charge is 0.235 e. The van der Waals surface area contributed by atoms with Crippen LogP contribution in [0, 0.1) is 0 Å². The van der Waals surface area contributed by atoms with Gasteiger partial charge in [-0.05, 0) is 0 Å². The number of aliphatic hydroxyl groups is 5. The molecule has 8 nitrogen and oxygen atoms in total. The van der Waals surface area contributed by atoms with Gasteiger partial charge in [-0.3, -0.25) is 10.2 Å². The second-order valence-electron chi connectivity index (χ2n) is 4.03. The third-order valence-electron chi connectivity index (χ3n) is 2.62. The molecule has 1 fully saturated rings. The maximum Gasteiger partial charge on any atom is 0.235 e. The van der Waals surface area contributed by atoms with E-state index in [0.717, 1.165) is 0 Å². The number of β-amino-alcohol motifs (C(OH)–C–C–N with tert-alkyl or cyclic N) is 1. The summed E-state index contributed by atoms with van der Waals surface area (Å²) in [6.45, 7) is -0.380. The zero-order valence-electron chi connectivity index (χ0n) is 9.23. The predicted octanol–water partition coefficient (Wildman–Crippen LogP) is -3.84. The van der Waals surface area contributed by atoms with Crippen LogP contribution in [-0.4, -0.2) is 80.6 Å². The lowest BCUT2D eigenvalue weighted by atomic mass is 10.0. The van der Waals surface area contributed by atoms with Crippen molar-refractivity contribution in [2.24, 2.45) is 0 Å². The van der Waals surface area contributed by atoms with Gasteiger partial charge in [-0.1, -0.05) is 0 Å². The largest absolute Gasteiger partial charge is 0.394 e. The average molecular weight is 250 g/mol. The van der Waals surface area contributed by atoms with Gasteiger partial charge in [0, 0.05) is 19.5 Å². The third-order valence-corrected chi connectivity index (χ3v) is 2.62. The molecule has 17 heavy (non-hydrogen) atoms. The Kier molecular flexibility index (Phi) is 5.25. The zero-order chi connectivity index (χ0) is 13.0. The van der Waals surface area contributed by atoms with Crippen LogP contribution in [0.15, 0.2) is 0 Å². The molecule has 1 aliphatic heterocycles. The highest BCUT2D eigenvalue weighted by Gasteiger charge is 2.32. The first-order chi connectivity index (χ1) is 7.95. The second-order valence-corrected chi connectivity index (χ2v) is 4.03. The molecule has 1 aliphatic rings. The SMILES string of the molecule is O=C1CCN(CC(O)C(O)C(O)C(O)CO)N1. The molecule has 0 aromatic rings. The number of carbonyl (C=O) groups is 1. The van der Waals surface area contributed by atoms with Crippen molar-refractivity contribution in [3.8, 4) is 0 Å². The molecule has 4 atom stereocenters. The molecule has 4 unspecified atom stereocenters. The van der Waals surface area contributed by atoms with Gasteiger partial charge >= 0.3 is 0 Å². The molecule has 1 saturated heterocycles. The van der Waals surface area contributed by atoms with E-state index in [0.29, 0.717) is 13.0 Å². The quantitative estimate of drug-likeness (QED) is 0.284. The molecule has 0 saturated carbocycles. The van der Waals surface area contributed by atoms with Crippen molar-refractivity contribution in [3.05, 3.63) is 0 Å². The van der Waals surface area contributed by atoms with Crippen LogP contribution in [0.1, 0.15) is 6.42 Å². The molecule has 100 valence electrons. The minimum absolute atomic E-state index is 0.0673. The fourth-order valence-electron chi connectivity index (χ4n) is 1.56. The lowest BCUT2D eigenvalue weighted by Crippen LogP contribution is -2.51. The molecule has 0 aromatic heterocycles. The number of nitrogens with one attached hydrogen (secondary N) is 1. The van der Waals surface area contributed by atoms with Gasteiger partial charge in [0.05, 0.1) is 12.7 Å². The summed E-state index contributed by atoms with van der Waals surface area (Å²) >= 11 is 0. The van der Waals surface area contributed by atoms with Crippen LogP contribution in [0.3, 0.4) is 0 Å². The summed E-state index contributed by atoms with van der Waals surface area (Å²) in [4.78, 5) is 10.9. The summed E-state index contributed by atoms with van der Waals surface area (Å²) in [7, 11) is 0. The summed E-state index contributed by atoms with van der Waals surface area (Å²) in [6.07, 6.45) is -5.80. The lowest BCUT2D eigenvalue weighted by Gasteiger charge is -2.28. The number of nitrogens with zero attached hydrogens (tertiary/aromatic N) is 1. The molecule has 1 heterocycles. The maximum absolute atomic E-state index is 10.9. The minimum atomic E-state index is -1.65. The number of rotatable bonds is 6. The normalized spacial score (nSPS) is 24.2. The second kappa shape index (κ2) is 6.24. The summed E-state index contributed by atoms with van der Waals surface area (Å²) in [5, 5.41) is 47.5. The molecule has 1 rings (SSSR count). The Balaban J connectivity index is 2.40. The Morgan fingerprint density at radius 2 is 1.76 bits per heavy atom. The van der Waals surface area contributed by atoms with Gasteiger partial charge in [0.1, 0.15) is 18.3 Å². The van der Waals surface area contributed by atoms with Gasteiger partial charge in [-0.25, -0.2) is 5.01 Å². The summed E-state index contributed by atoms with van der Waals surface area (Å²) in [6, 6.07) is 0. The summed E-state index contributed by atoms with van der Waals surface area (Å²) in [5.41, 5.74) is 2.45. The van der Waals surface area contributed by atoms with Gasteiger partial charge in [0.15, 0.2) is 0 Å². The first-order valence-electron chi connectivity index (χ1n) is 5.33. The number of amides is 1. The van der Waals surface area contributed by atoms with Gasteiger partial charge in [0.25, 0.3) is 0 Å². The monoisotopic (exact) mass is 250 g/mol. The van der Waals surface area contributed by atoms with Crippen LogP contribution in [-0.2, 0) is 4.79 Å². The molecule has 0 radical (unpaired) electrons. The number of hydrogen-bond acceptors (Lipinski definition) is 7. The number of aliphatic hydroxyl groups excluding tert-OH is 5. The van der Waals surface area contributed by atoms with Crippen molar-refractivity contribution < 1.29 is 30.3 Å². The number of hydrogen-bond donors (Lipinski definition) is 6. The fraction of sp³-hybridized carbons (Fsp3) is 0.889. The van der Waals surface area contributed by atoms with E-state index in [9.17, 15) is 20.1 Å². The van der Waals surface area contributed by atoms with Gasteiger partial charge in [-0.15, -0.1) is 0 Å². The van der Waals surface area contributed by atoms with Gasteiger partial charge in [-0.2, -0.15) is 0 Å². The maximum atomic E-state index is 10.9. The zero-order valence-corrected chi connectivity index (χ0v) is 9.23. The van der Waals surface area contributed by atoms with Crippen molar-refractivity contribution >= 4 is 5.91 Å². The van der Waals surface area contributed by atoms with Crippen molar-refractivity contribution in [2.75, 3.05) is 19.7 Å². The highest BCUT2D eigenvalue weighted by Crippen LogP contribution is 2.08. The average Bonchev–Trinajstić information content (AvgIpc) is 2.71. The fourth-order valence-corrected chi connectivity index (χ4v) is 1.56. The molecular formula is C9H18N2O6. The van der Waals surface area contributed by atoms with Crippen molar-refractivity contribution in [1.82, 2.24) is 10.4 Å². The minimum Gasteiger partial charge on any atom is -0.394 e. The van der Waals surface area contributed by atoms with E-state index in [-0.39, 0.29) is 12.5 Å². The molecule has 8 heteroatoms. The topological polar surface area (TPSA) is 133 Å². The Morgan fingerprint density at radius 1 is 1.18 bits per heavy atom. The van der Waals surface area contributed by atoms with Gasteiger partial charge < -0.3 is 25.5 Å². The van der Waals surface area contributed by atoms with Crippen LogP contribution >= 0.6 is 0 Å². The number of carbonyl (C=O) groups excluding carboxylic acids is 1. The van der Waals surface area contributed by atoms with Crippen LogP contribution in [0.5, 0.6) is 0 Å². The van der Waals surface area contributed by atoms with Gasteiger partial charge in [0.2, 0.25) is 5.91 Å². The third kappa shape index (κ3) is 3.87. The lowest BCUT2D eigenvalue weighted by molar-refractivity contribution is -0.126. The molecule has 1 amide bonds. The Labute approximate surface area is 98.1 Å². The van der Waals surface area contributed by atoms with Crippen molar-refractivity contribution in [3.63, 3.8) is 0 Å². The van der Waals surface area contributed by atoms with E-state index >= 15 is 0 Å². The molecule has 0 aliphatic carbocycles. The highest BCUT2D eigenvalue weighted by atomic mass is 16.4. The van der Waals surface area contributed by atoms with E-state index in [1.807, 2.05) is 0 Å². The van der Waals surface area contributed by atoms with Crippen LogP contribution in [0.4, 0.5) is 0 Å². The Bertz CT molecular complexity index is 264.